The molecule has 2 heterocycles. The highest BCUT2D eigenvalue weighted by molar-refractivity contribution is 5.28. The van der Waals surface area contributed by atoms with E-state index in [-0.39, 0.29) is 5.92 Å². The monoisotopic (exact) mass is 264 g/mol. The highest BCUT2D eigenvalue weighted by Gasteiger charge is 2.35. The molecule has 1 fully saturated rings. The number of piperidine rings is 1. The fraction of sp³-hybridized carbons (Fsp3) is 0.667. The van der Waals surface area contributed by atoms with Crippen molar-refractivity contribution >= 4 is 0 Å². The summed E-state index contributed by atoms with van der Waals surface area (Å²) in [4.78, 5) is 4.19. The number of hydrogen-bond acceptors (Lipinski definition) is 4. The third-order valence-corrected chi connectivity index (χ3v) is 3.86. The molecule has 0 amide bonds. The Morgan fingerprint density at radius 1 is 1.53 bits per heavy atom. The molecule has 4 nitrogen and oxygen atoms in total. The number of nitrogens with zero attached hydrogens (tertiary/aromatic N) is 1. The van der Waals surface area contributed by atoms with Crippen molar-refractivity contribution in [2.45, 2.75) is 38.7 Å². The fourth-order valence-electron chi connectivity index (χ4n) is 2.56. The molecule has 1 saturated heterocycles. The van der Waals surface area contributed by atoms with Gasteiger partial charge in [-0.25, -0.2) is 0 Å². The molecule has 4 heteroatoms. The molecule has 1 aromatic rings. The van der Waals surface area contributed by atoms with E-state index >= 15 is 0 Å². The molecule has 0 spiro atoms. The smallest absolute Gasteiger partial charge is 0.137 e. The fourth-order valence-corrected chi connectivity index (χ4v) is 2.56. The third kappa shape index (κ3) is 3.45. The van der Waals surface area contributed by atoms with Gasteiger partial charge >= 0.3 is 0 Å². The molecule has 0 radical (unpaired) electrons. The summed E-state index contributed by atoms with van der Waals surface area (Å²) >= 11 is 0. The van der Waals surface area contributed by atoms with Gasteiger partial charge in [-0.1, -0.05) is 6.92 Å². The van der Waals surface area contributed by atoms with Gasteiger partial charge in [0.15, 0.2) is 0 Å². The first kappa shape index (κ1) is 14.3. The molecule has 19 heavy (non-hydrogen) atoms. The van der Waals surface area contributed by atoms with E-state index in [9.17, 15) is 5.11 Å². The highest BCUT2D eigenvalue weighted by atomic mass is 16.5. The molecule has 106 valence electrons. The quantitative estimate of drug-likeness (QED) is 0.855. The van der Waals surface area contributed by atoms with Crippen molar-refractivity contribution < 1.29 is 9.84 Å². The van der Waals surface area contributed by atoms with Gasteiger partial charge in [-0.15, -0.1) is 0 Å². The van der Waals surface area contributed by atoms with Gasteiger partial charge in [0.1, 0.15) is 5.75 Å². The van der Waals surface area contributed by atoms with Crippen LogP contribution in [0.1, 0.15) is 38.7 Å². The van der Waals surface area contributed by atoms with Gasteiger partial charge in [0.2, 0.25) is 0 Å². The molecule has 0 bridgehead atoms. The van der Waals surface area contributed by atoms with Crippen LogP contribution in [0.2, 0.25) is 0 Å². The van der Waals surface area contributed by atoms with Crippen LogP contribution < -0.4 is 10.1 Å². The van der Waals surface area contributed by atoms with Gasteiger partial charge in [0, 0.05) is 24.2 Å². The van der Waals surface area contributed by atoms with Crippen molar-refractivity contribution in [3.8, 4) is 5.75 Å². The second-order valence-corrected chi connectivity index (χ2v) is 5.45. The summed E-state index contributed by atoms with van der Waals surface area (Å²) in [6.45, 7) is 6.53. The molecule has 0 saturated carbocycles. The Labute approximate surface area is 115 Å². The first-order valence-corrected chi connectivity index (χ1v) is 7.16. The molecule has 1 aliphatic heterocycles. The number of rotatable bonds is 5. The highest BCUT2D eigenvalue weighted by Crippen LogP contribution is 2.34. The third-order valence-electron chi connectivity index (χ3n) is 3.86. The summed E-state index contributed by atoms with van der Waals surface area (Å²) in [5.41, 5.74) is -0.0127. The van der Waals surface area contributed by atoms with Crippen LogP contribution in [0.15, 0.2) is 18.5 Å². The van der Waals surface area contributed by atoms with Gasteiger partial charge in [0.25, 0.3) is 0 Å². The van der Waals surface area contributed by atoms with E-state index in [2.05, 4.69) is 17.2 Å². The lowest BCUT2D eigenvalue weighted by molar-refractivity contribution is -0.0161. The minimum atomic E-state index is -0.855. The number of aromatic nitrogens is 1. The van der Waals surface area contributed by atoms with Crippen LogP contribution >= 0.6 is 0 Å². The van der Waals surface area contributed by atoms with Crippen molar-refractivity contribution in [3.05, 3.63) is 24.0 Å². The van der Waals surface area contributed by atoms with Crippen LogP contribution in [0.25, 0.3) is 0 Å². The second kappa shape index (κ2) is 6.35. The van der Waals surface area contributed by atoms with Crippen LogP contribution in [0.3, 0.4) is 0 Å². The van der Waals surface area contributed by atoms with Gasteiger partial charge in [-0.05, 0) is 38.8 Å². The van der Waals surface area contributed by atoms with Crippen molar-refractivity contribution in [1.82, 2.24) is 10.3 Å². The molecule has 2 rings (SSSR count). The van der Waals surface area contributed by atoms with E-state index in [1.54, 1.807) is 12.4 Å². The summed E-state index contributed by atoms with van der Waals surface area (Å²) in [7, 11) is 0. The molecule has 1 aliphatic rings. The van der Waals surface area contributed by atoms with Crippen LogP contribution in [0.4, 0.5) is 0 Å². The first-order chi connectivity index (χ1) is 9.14. The van der Waals surface area contributed by atoms with Gasteiger partial charge in [0.05, 0.1) is 18.4 Å². The molecule has 2 unspecified atom stereocenters. The van der Waals surface area contributed by atoms with Crippen molar-refractivity contribution in [1.29, 1.82) is 0 Å². The topological polar surface area (TPSA) is 54.4 Å². The molecule has 0 aliphatic carbocycles. The Bertz CT molecular complexity index is 401. The number of hydrogen-bond donors (Lipinski definition) is 2. The van der Waals surface area contributed by atoms with Crippen LogP contribution in [-0.2, 0) is 5.60 Å². The van der Waals surface area contributed by atoms with Crippen molar-refractivity contribution in [2.75, 3.05) is 19.7 Å². The predicted octanol–water partition coefficient (Wildman–Crippen LogP) is 2.08. The first-order valence-electron chi connectivity index (χ1n) is 7.16. The standard InChI is InChI=1S/C15H24N2O2/c1-3-7-19-14-8-13(10-17-11-14)15(2,18)12-5-4-6-16-9-12/h8,10-12,16,18H,3-7,9H2,1-2H3. The summed E-state index contributed by atoms with van der Waals surface area (Å²) < 4.78 is 5.59. The zero-order valence-electron chi connectivity index (χ0n) is 11.9. The van der Waals surface area contributed by atoms with Gasteiger partial charge in [-0.2, -0.15) is 0 Å². The molecular weight excluding hydrogens is 240 g/mol. The molecule has 2 N–H and O–H groups in total. The van der Waals surface area contributed by atoms with E-state index in [0.717, 1.165) is 43.7 Å². The predicted molar refractivity (Wildman–Crippen MR) is 75.2 cm³/mol. The average Bonchev–Trinajstić information content (AvgIpc) is 2.46. The minimum Gasteiger partial charge on any atom is -0.492 e. The maximum absolute atomic E-state index is 10.8. The summed E-state index contributed by atoms with van der Waals surface area (Å²) in [5.74, 6) is 0.966. The van der Waals surface area contributed by atoms with Crippen molar-refractivity contribution in [2.24, 2.45) is 5.92 Å². The van der Waals surface area contributed by atoms with E-state index < -0.39 is 5.60 Å². The Morgan fingerprint density at radius 2 is 2.37 bits per heavy atom. The van der Waals surface area contributed by atoms with Gasteiger partial charge in [-0.3, -0.25) is 4.98 Å². The molecule has 0 aromatic carbocycles. The molecule has 1 aromatic heterocycles. The Balaban J connectivity index is 2.14. The summed E-state index contributed by atoms with van der Waals surface area (Å²) in [5, 5.41) is 14.2. The number of aliphatic hydroxyl groups is 1. The van der Waals surface area contributed by atoms with E-state index in [4.69, 9.17) is 4.74 Å². The SMILES string of the molecule is CCCOc1cncc(C(C)(O)C2CCCNC2)c1. The summed E-state index contributed by atoms with van der Waals surface area (Å²) in [6.07, 6.45) is 6.56. The lowest BCUT2D eigenvalue weighted by Crippen LogP contribution is -2.42. The number of pyridine rings is 1. The van der Waals surface area contributed by atoms with Crippen molar-refractivity contribution in [3.63, 3.8) is 0 Å². The largest absolute Gasteiger partial charge is 0.492 e. The van der Waals surface area contributed by atoms with Gasteiger partial charge < -0.3 is 15.2 Å². The lowest BCUT2D eigenvalue weighted by Gasteiger charge is -2.36. The zero-order valence-corrected chi connectivity index (χ0v) is 11.9. The Morgan fingerprint density at radius 3 is 3.05 bits per heavy atom. The second-order valence-electron chi connectivity index (χ2n) is 5.45. The maximum atomic E-state index is 10.8. The average molecular weight is 264 g/mol. The lowest BCUT2D eigenvalue weighted by atomic mass is 9.79. The maximum Gasteiger partial charge on any atom is 0.137 e. The zero-order chi connectivity index (χ0) is 13.7. The van der Waals surface area contributed by atoms with E-state index in [1.165, 1.54) is 0 Å². The van der Waals surface area contributed by atoms with E-state index in [0.29, 0.717) is 6.61 Å². The minimum absolute atomic E-state index is 0.226. The van der Waals surface area contributed by atoms with E-state index in [1.807, 2.05) is 13.0 Å². The Hall–Kier alpha value is -1.13. The summed E-state index contributed by atoms with van der Waals surface area (Å²) in [6, 6.07) is 1.91. The normalized spacial score (nSPS) is 22.8. The molecule has 2 atom stereocenters. The number of nitrogens with one attached hydrogen (secondary N) is 1. The van der Waals surface area contributed by atoms with Crippen LogP contribution in [0, 0.1) is 5.92 Å². The molecular formula is C15H24N2O2. The van der Waals surface area contributed by atoms with Crippen LogP contribution in [0.5, 0.6) is 5.75 Å². The number of ether oxygens (including phenoxy) is 1. The van der Waals surface area contributed by atoms with Crippen LogP contribution in [-0.4, -0.2) is 29.8 Å². The Kier molecular flexibility index (Phi) is 4.77.